The maximum absolute atomic E-state index is 8.99. The molecule has 4 unspecified atom stereocenters. The minimum atomic E-state index is -1.64. The van der Waals surface area contributed by atoms with E-state index in [4.69, 9.17) is 25.5 Å². The van der Waals surface area contributed by atoms with Crippen molar-refractivity contribution in [1.82, 2.24) is 0 Å². The molecule has 0 aliphatic heterocycles. The first-order valence-corrected chi connectivity index (χ1v) is 3.40. The third kappa shape index (κ3) is 3.02. The standard InChI is InChI=1S/C6H14O6/c1-12-6(11)5(10)4(9)3(8)2-7/h3-11H,2H2,1H3. The molecule has 6 nitrogen and oxygen atoms in total. The number of rotatable bonds is 5. The van der Waals surface area contributed by atoms with Crippen LogP contribution in [0.4, 0.5) is 0 Å². The van der Waals surface area contributed by atoms with E-state index in [1.807, 2.05) is 0 Å². The second-order valence-corrected chi connectivity index (χ2v) is 2.36. The summed E-state index contributed by atoms with van der Waals surface area (Å²) in [6, 6.07) is 0. The molecular weight excluding hydrogens is 168 g/mol. The number of aliphatic hydroxyl groups excluding tert-OH is 5. The van der Waals surface area contributed by atoms with Gasteiger partial charge in [0.15, 0.2) is 6.29 Å². The second-order valence-electron chi connectivity index (χ2n) is 2.36. The van der Waals surface area contributed by atoms with E-state index in [2.05, 4.69) is 4.74 Å². The van der Waals surface area contributed by atoms with Crippen LogP contribution in [0.5, 0.6) is 0 Å². The molecule has 0 rings (SSSR count). The predicted molar refractivity (Wildman–Crippen MR) is 38.1 cm³/mol. The van der Waals surface area contributed by atoms with Gasteiger partial charge in [-0.2, -0.15) is 0 Å². The molecule has 6 heteroatoms. The number of ether oxygens (including phenoxy) is 1. The van der Waals surface area contributed by atoms with Crippen LogP contribution in [0, 0.1) is 0 Å². The molecule has 0 aliphatic rings. The van der Waals surface area contributed by atoms with Gasteiger partial charge in [0.25, 0.3) is 0 Å². The third-order valence-corrected chi connectivity index (χ3v) is 1.46. The Labute approximate surface area is 69.6 Å². The van der Waals surface area contributed by atoms with Gasteiger partial charge in [-0.15, -0.1) is 0 Å². The molecule has 0 radical (unpaired) electrons. The molecule has 0 aliphatic carbocycles. The highest BCUT2D eigenvalue weighted by molar-refractivity contribution is 4.76. The van der Waals surface area contributed by atoms with Gasteiger partial charge in [0.05, 0.1) is 6.61 Å². The Bertz CT molecular complexity index is 105. The topological polar surface area (TPSA) is 110 Å². The highest BCUT2D eigenvalue weighted by Gasteiger charge is 2.29. The first kappa shape index (κ1) is 11.8. The molecule has 12 heavy (non-hydrogen) atoms. The van der Waals surface area contributed by atoms with Gasteiger partial charge in [0.1, 0.15) is 18.3 Å². The molecule has 5 N–H and O–H groups in total. The molecule has 0 aromatic rings. The second kappa shape index (κ2) is 5.41. The zero-order valence-corrected chi connectivity index (χ0v) is 6.66. The van der Waals surface area contributed by atoms with Gasteiger partial charge >= 0.3 is 0 Å². The molecule has 4 atom stereocenters. The lowest BCUT2D eigenvalue weighted by Crippen LogP contribution is -2.46. The summed E-state index contributed by atoms with van der Waals surface area (Å²) >= 11 is 0. The van der Waals surface area contributed by atoms with Crippen molar-refractivity contribution in [3.63, 3.8) is 0 Å². The molecule has 0 heterocycles. The quantitative estimate of drug-likeness (QED) is 0.290. The van der Waals surface area contributed by atoms with Crippen LogP contribution in [-0.2, 0) is 4.74 Å². The number of aliphatic hydroxyl groups is 5. The Morgan fingerprint density at radius 3 is 1.92 bits per heavy atom. The zero-order valence-electron chi connectivity index (χ0n) is 6.66. The van der Waals surface area contributed by atoms with Crippen LogP contribution in [0.2, 0.25) is 0 Å². The van der Waals surface area contributed by atoms with E-state index >= 15 is 0 Å². The lowest BCUT2D eigenvalue weighted by atomic mass is 10.1. The summed E-state index contributed by atoms with van der Waals surface area (Å²) in [6.07, 6.45) is -6.35. The maximum Gasteiger partial charge on any atom is 0.183 e. The van der Waals surface area contributed by atoms with E-state index in [1.165, 1.54) is 0 Å². The van der Waals surface area contributed by atoms with Gasteiger partial charge in [-0.1, -0.05) is 0 Å². The summed E-state index contributed by atoms with van der Waals surface area (Å²) in [6.45, 7) is -0.700. The maximum atomic E-state index is 8.99. The monoisotopic (exact) mass is 182 g/mol. The van der Waals surface area contributed by atoms with Crippen molar-refractivity contribution in [2.45, 2.75) is 24.6 Å². The molecule has 0 amide bonds. The summed E-state index contributed by atoms with van der Waals surface area (Å²) in [4.78, 5) is 0. The van der Waals surface area contributed by atoms with Gasteiger partial charge in [-0.3, -0.25) is 0 Å². The van der Waals surface area contributed by atoms with E-state index in [9.17, 15) is 0 Å². The van der Waals surface area contributed by atoms with Crippen LogP contribution < -0.4 is 0 Å². The molecule has 0 fully saturated rings. The average Bonchev–Trinajstić information content (AvgIpc) is 2.12. The zero-order chi connectivity index (χ0) is 9.72. The molecule has 0 saturated carbocycles. The molecule has 74 valence electrons. The first-order chi connectivity index (χ1) is 5.54. The van der Waals surface area contributed by atoms with Gasteiger partial charge in [-0.25, -0.2) is 0 Å². The van der Waals surface area contributed by atoms with Crippen molar-refractivity contribution in [3.8, 4) is 0 Å². The number of methoxy groups -OCH3 is 1. The summed E-state index contributed by atoms with van der Waals surface area (Å²) in [5.41, 5.74) is 0. The average molecular weight is 182 g/mol. The van der Waals surface area contributed by atoms with Crippen molar-refractivity contribution in [3.05, 3.63) is 0 Å². The van der Waals surface area contributed by atoms with E-state index in [-0.39, 0.29) is 0 Å². The van der Waals surface area contributed by atoms with Crippen LogP contribution in [-0.4, -0.2) is 63.9 Å². The smallest absolute Gasteiger partial charge is 0.183 e. The van der Waals surface area contributed by atoms with Crippen molar-refractivity contribution in [2.75, 3.05) is 13.7 Å². The molecule has 0 spiro atoms. The first-order valence-electron chi connectivity index (χ1n) is 3.40. The Kier molecular flexibility index (Phi) is 5.31. The van der Waals surface area contributed by atoms with Gasteiger partial charge in [-0.05, 0) is 0 Å². The molecule has 0 saturated heterocycles. The fourth-order valence-corrected chi connectivity index (χ4v) is 0.644. The fraction of sp³-hybridized carbons (Fsp3) is 1.00. The van der Waals surface area contributed by atoms with Crippen molar-refractivity contribution in [2.24, 2.45) is 0 Å². The summed E-state index contributed by atoms with van der Waals surface area (Å²) in [5.74, 6) is 0. The fourth-order valence-electron chi connectivity index (χ4n) is 0.644. The molecular formula is C6H14O6. The highest BCUT2D eigenvalue weighted by atomic mass is 16.6. The summed E-state index contributed by atoms with van der Waals surface area (Å²) in [7, 11) is 1.13. The minimum absolute atomic E-state index is 0.700. The number of hydrogen-bond donors (Lipinski definition) is 5. The predicted octanol–water partition coefficient (Wildman–Crippen LogP) is -2.97. The number of hydrogen-bond acceptors (Lipinski definition) is 6. The summed E-state index contributed by atoms with van der Waals surface area (Å²) in [5, 5.41) is 44.0. The van der Waals surface area contributed by atoms with E-state index in [1.54, 1.807) is 0 Å². The normalized spacial score (nSPS) is 21.5. The van der Waals surface area contributed by atoms with E-state index in [0.717, 1.165) is 7.11 Å². The largest absolute Gasteiger partial charge is 0.394 e. The van der Waals surface area contributed by atoms with E-state index < -0.39 is 31.2 Å². The molecule has 0 aromatic carbocycles. The van der Waals surface area contributed by atoms with Crippen LogP contribution >= 0.6 is 0 Å². The van der Waals surface area contributed by atoms with Crippen LogP contribution in [0.15, 0.2) is 0 Å². The Hall–Kier alpha value is -0.240. The van der Waals surface area contributed by atoms with Crippen LogP contribution in [0.3, 0.4) is 0 Å². The van der Waals surface area contributed by atoms with Crippen LogP contribution in [0.1, 0.15) is 0 Å². The van der Waals surface area contributed by atoms with Gasteiger partial charge in [0, 0.05) is 7.11 Å². The summed E-state index contributed by atoms with van der Waals surface area (Å²) < 4.78 is 4.28. The Morgan fingerprint density at radius 1 is 1.08 bits per heavy atom. The molecule has 0 bridgehead atoms. The van der Waals surface area contributed by atoms with Crippen molar-refractivity contribution in [1.29, 1.82) is 0 Å². The van der Waals surface area contributed by atoms with Crippen molar-refractivity contribution < 1.29 is 30.3 Å². The SMILES string of the molecule is COC(O)C(O)C(O)C(O)CO. The Morgan fingerprint density at radius 2 is 1.58 bits per heavy atom. The lowest BCUT2D eigenvalue weighted by Gasteiger charge is -2.24. The van der Waals surface area contributed by atoms with Gasteiger partial charge < -0.3 is 30.3 Å². The highest BCUT2D eigenvalue weighted by Crippen LogP contribution is 2.04. The molecule has 0 aromatic heterocycles. The lowest BCUT2D eigenvalue weighted by molar-refractivity contribution is -0.193. The minimum Gasteiger partial charge on any atom is -0.394 e. The van der Waals surface area contributed by atoms with Crippen LogP contribution in [0.25, 0.3) is 0 Å². The van der Waals surface area contributed by atoms with E-state index in [0.29, 0.717) is 0 Å². The van der Waals surface area contributed by atoms with Crippen molar-refractivity contribution >= 4 is 0 Å². The van der Waals surface area contributed by atoms with Gasteiger partial charge in [0.2, 0.25) is 0 Å². The third-order valence-electron chi connectivity index (χ3n) is 1.46. The Balaban J connectivity index is 3.99.